The zero-order valence-corrected chi connectivity index (χ0v) is 31.2. The van der Waals surface area contributed by atoms with E-state index in [1.165, 1.54) is 52.5 Å². The minimum absolute atomic E-state index is 0.0235. The lowest BCUT2D eigenvalue weighted by molar-refractivity contribution is -0.141. The number of aliphatic hydroxyl groups is 1. The number of carbonyl (C=O) groups is 4. The molecule has 2 atom stereocenters. The number of nitrogens with one attached hydrogen (secondary N) is 3. The van der Waals surface area contributed by atoms with Crippen molar-refractivity contribution < 1.29 is 42.2 Å². The number of aromatic nitrogens is 5. The Labute approximate surface area is 322 Å². The van der Waals surface area contributed by atoms with Gasteiger partial charge in [0.25, 0.3) is 11.8 Å². The number of hydrogen-bond donors (Lipinski definition) is 4. The highest BCUT2D eigenvalue weighted by molar-refractivity contribution is 6.34. The van der Waals surface area contributed by atoms with Crippen LogP contribution in [0.4, 0.5) is 23.7 Å². The number of nitrogens with zero attached hydrogens (tertiary/aromatic N) is 6. The predicted molar refractivity (Wildman–Crippen MR) is 192 cm³/mol. The first-order valence-electron chi connectivity index (χ1n) is 17.0. The van der Waals surface area contributed by atoms with E-state index in [4.69, 9.17) is 27.9 Å². The number of carbonyl (C=O) groups excluding carboxylic acids is 4. The Bertz CT molecular complexity index is 2090. The molecule has 0 saturated carbocycles. The third-order valence-electron chi connectivity index (χ3n) is 8.89. The maximum atomic E-state index is 13.8. The Morgan fingerprint density at radius 3 is 2.35 bits per heavy atom. The number of β-amino-alcohol motifs (C(OH)–C–C–N with tert-alkyl or cyclic N) is 1. The molecule has 4 aromatic rings. The standard InChI is InChI=1S/C35H36Cl2F3N9O6/c1-34(2,3)55-33(54)49-17-21(50)14-25(49)32(53)48-10-8-47(9-11-48)31(52)22-6-5-19(13-24(22)36)44-30(51)29-42-16-20(43-29)12-23-27(18-4-7-26(37)41-15-18)45-46-28(23)35(38,39)40/h4-7,13,15-16,21,25,50H,8-12,14,17H2,1-3H3,(H,42,43)(H,44,51)(H,45,46)/t21-,25+/m1/s1. The second kappa shape index (κ2) is 15.5. The number of pyridine rings is 1. The van der Waals surface area contributed by atoms with Crippen molar-refractivity contribution in [2.75, 3.05) is 38.0 Å². The van der Waals surface area contributed by atoms with Crippen LogP contribution in [0.15, 0.2) is 42.7 Å². The summed E-state index contributed by atoms with van der Waals surface area (Å²) >= 11 is 12.3. The number of rotatable bonds is 7. The Balaban J connectivity index is 1.06. The van der Waals surface area contributed by atoms with Crippen molar-refractivity contribution in [3.8, 4) is 11.3 Å². The number of hydrogen-bond acceptors (Lipinski definition) is 9. The molecule has 5 heterocycles. The van der Waals surface area contributed by atoms with E-state index in [-0.39, 0.29) is 95.7 Å². The molecule has 15 nitrogen and oxygen atoms in total. The number of piperazine rings is 1. The number of aromatic amines is 2. The van der Waals surface area contributed by atoms with E-state index in [0.717, 1.165) is 0 Å². The molecule has 2 aliphatic rings. The van der Waals surface area contributed by atoms with Crippen molar-refractivity contribution in [1.29, 1.82) is 0 Å². The van der Waals surface area contributed by atoms with Gasteiger partial charge >= 0.3 is 12.3 Å². The van der Waals surface area contributed by atoms with Crippen molar-refractivity contribution >= 4 is 52.7 Å². The molecular weight excluding hydrogens is 770 g/mol. The van der Waals surface area contributed by atoms with Gasteiger partial charge in [0.05, 0.1) is 28.9 Å². The van der Waals surface area contributed by atoms with Crippen molar-refractivity contribution in [1.82, 2.24) is 39.8 Å². The van der Waals surface area contributed by atoms with Crippen molar-refractivity contribution in [2.45, 2.75) is 57.5 Å². The summed E-state index contributed by atoms with van der Waals surface area (Å²) in [4.78, 5) is 67.6. The van der Waals surface area contributed by atoms with Crippen molar-refractivity contribution in [3.63, 3.8) is 0 Å². The molecule has 0 radical (unpaired) electrons. The third kappa shape index (κ3) is 9.03. The first kappa shape index (κ1) is 39.5. The molecule has 3 aromatic heterocycles. The lowest BCUT2D eigenvalue weighted by atomic mass is 10.0. The van der Waals surface area contributed by atoms with Gasteiger partial charge in [-0.1, -0.05) is 23.2 Å². The van der Waals surface area contributed by atoms with Crippen molar-refractivity contribution in [3.05, 3.63) is 81.2 Å². The number of anilines is 1. The molecule has 2 saturated heterocycles. The summed E-state index contributed by atoms with van der Waals surface area (Å²) in [6.45, 7) is 5.85. The van der Waals surface area contributed by atoms with Gasteiger partial charge in [0.15, 0.2) is 11.5 Å². The summed E-state index contributed by atoms with van der Waals surface area (Å²) < 4.78 is 46.9. The van der Waals surface area contributed by atoms with Gasteiger partial charge in [-0.05, 0) is 51.1 Å². The second-order valence-electron chi connectivity index (χ2n) is 14.0. The summed E-state index contributed by atoms with van der Waals surface area (Å²) in [5.74, 6) is -1.65. The second-order valence-corrected chi connectivity index (χ2v) is 14.8. The molecule has 0 aliphatic carbocycles. The molecular formula is C35H36Cl2F3N9O6. The predicted octanol–water partition coefficient (Wildman–Crippen LogP) is 5.02. The Morgan fingerprint density at radius 2 is 1.71 bits per heavy atom. The van der Waals surface area contributed by atoms with Crippen LogP contribution in [0.3, 0.4) is 0 Å². The largest absolute Gasteiger partial charge is 0.444 e. The fourth-order valence-corrected chi connectivity index (χ4v) is 6.70. The summed E-state index contributed by atoms with van der Waals surface area (Å²) in [6, 6.07) is 6.32. The van der Waals surface area contributed by atoms with Crippen LogP contribution in [-0.2, 0) is 22.1 Å². The molecule has 55 heavy (non-hydrogen) atoms. The topological polar surface area (TPSA) is 190 Å². The van der Waals surface area contributed by atoms with Crippen molar-refractivity contribution in [2.24, 2.45) is 0 Å². The molecule has 6 rings (SSSR count). The zero-order valence-electron chi connectivity index (χ0n) is 29.7. The zero-order chi connectivity index (χ0) is 39.8. The summed E-state index contributed by atoms with van der Waals surface area (Å²) in [7, 11) is 0. The van der Waals surface area contributed by atoms with Gasteiger partial charge < -0.3 is 29.9 Å². The highest BCUT2D eigenvalue weighted by atomic mass is 35.5. The molecule has 2 fully saturated rings. The van der Waals surface area contributed by atoms with E-state index in [9.17, 15) is 37.5 Å². The lowest BCUT2D eigenvalue weighted by Crippen LogP contribution is -2.55. The Hall–Kier alpha value is -5.20. The van der Waals surface area contributed by atoms with E-state index in [1.54, 1.807) is 25.7 Å². The first-order chi connectivity index (χ1) is 25.9. The average Bonchev–Trinajstić information content (AvgIpc) is 3.86. The van der Waals surface area contributed by atoms with Gasteiger partial charge in [-0.15, -0.1) is 0 Å². The van der Waals surface area contributed by atoms with Crippen LogP contribution in [0.2, 0.25) is 10.2 Å². The van der Waals surface area contributed by atoms with E-state index < -0.39 is 47.5 Å². The van der Waals surface area contributed by atoms with Crippen LogP contribution in [0.5, 0.6) is 0 Å². The molecule has 0 spiro atoms. The number of benzene rings is 1. The Morgan fingerprint density at radius 1 is 1.00 bits per heavy atom. The van der Waals surface area contributed by atoms with E-state index >= 15 is 0 Å². The molecule has 20 heteroatoms. The molecule has 2 aliphatic heterocycles. The molecule has 0 unspecified atom stereocenters. The maximum Gasteiger partial charge on any atom is 0.435 e. The number of halogens is 5. The molecule has 292 valence electrons. The van der Waals surface area contributed by atoms with Crippen LogP contribution in [0.1, 0.15) is 65.1 Å². The lowest BCUT2D eigenvalue weighted by Gasteiger charge is -2.37. The summed E-state index contributed by atoms with van der Waals surface area (Å²) in [6.07, 6.45) is -3.99. The molecule has 4 N–H and O–H groups in total. The number of ether oxygens (including phenoxy) is 1. The molecule has 0 bridgehead atoms. The normalized spacial score (nSPS) is 17.7. The number of alkyl halides is 3. The minimum Gasteiger partial charge on any atom is -0.444 e. The van der Waals surface area contributed by atoms with Crippen LogP contribution < -0.4 is 5.32 Å². The van der Waals surface area contributed by atoms with E-state index in [2.05, 4.69) is 30.5 Å². The third-order valence-corrected chi connectivity index (χ3v) is 9.43. The van der Waals surface area contributed by atoms with Crippen LogP contribution in [0.25, 0.3) is 11.3 Å². The highest BCUT2D eigenvalue weighted by Gasteiger charge is 2.43. The first-order valence-corrected chi connectivity index (χ1v) is 17.8. The SMILES string of the molecule is CC(C)(C)OC(=O)N1C[C@H](O)C[C@H]1C(=O)N1CCN(C(=O)c2ccc(NC(=O)c3ncc(Cc4c(C(F)(F)F)n[nH]c4-c4ccc(Cl)nc4)[nH]3)cc2Cl)CC1. The molecule has 4 amide bonds. The van der Waals surface area contributed by atoms with Gasteiger partial charge in [0.1, 0.15) is 16.8 Å². The Kier molecular flexibility index (Phi) is 11.1. The van der Waals surface area contributed by atoms with E-state index in [0.29, 0.717) is 5.56 Å². The maximum absolute atomic E-state index is 13.8. The smallest absolute Gasteiger partial charge is 0.435 e. The highest BCUT2D eigenvalue weighted by Crippen LogP contribution is 2.36. The number of aliphatic hydroxyl groups excluding tert-OH is 1. The van der Waals surface area contributed by atoms with Crippen LogP contribution in [-0.4, -0.2) is 119 Å². The quantitative estimate of drug-likeness (QED) is 0.186. The van der Waals surface area contributed by atoms with Gasteiger partial charge in [0.2, 0.25) is 5.91 Å². The number of H-pyrrole nitrogens is 2. The number of imidazole rings is 1. The van der Waals surface area contributed by atoms with Gasteiger partial charge in [-0.3, -0.25) is 24.4 Å². The van der Waals surface area contributed by atoms with Crippen LogP contribution in [0, 0.1) is 0 Å². The number of likely N-dealkylation sites (tertiary alicyclic amines) is 1. The molecule has 1 aromatic carbocycles. The number of amides is 4. The fraction of sp³-hybridized carbons (Fsp3) is 0.400. The summed E-state index contributed by atoms with van der Waals surface area (Å²) in [5, 5.41) is 18.9. The van der Waals surface area contributed by atoms with Crippen LogP contribution >= 0.6 is 23.2 Å². The van der Waals surface area contributed by atoms with Gasteiger partial charge in [0, 0.05) is 73.9 Å². The fourth-order valence-electron chi connectivity index (χ4n) is 6.33. The van der Waals surface area contributed by atoms with Gasteiger partial charge in [-0.2, -0.15) is 18.3 Å². The summed E-state index contributed by atoms with van der Waals surface area (Å²) in [5.41, 5.74) is -1.12. The van der Waals surface area contributed by atoms with Gasteiger partial charge in [-0.25, -0.2) is 14.8 Å². The van der Waals surface area contributed by atoms with E-state index in [1.807, 2.05) is 0 Å². The monoisotopic (exact) mass is 805 g/mol. The minimum atomic E-state index is -4.77. The average molecular weight is 807 g/mol.